The fourth-order valence-corrected chi connectivity index (χ4v) is 2.07. The summed E-state index contributed by atoms with van der Waals surface area (Å²) in [7, 11) is 0. The van der Waals surface area contributed by atoms with Gasteiger partial charge in [0.2, 0.25) is 0 Å². The van der Waals surface area contributed by atoms with Crippen molar-refractivity contribution in [2.75, 3.05) is 26.4 Å². The molecule has 0 heterocycles. The number of alkyl halides is 4. The number of ether oxygens (including phenoxy) is 2. The van der Waals surface area contributed by atoms with Crippen molar-refractivity contribution < 1.29 is 36.9 Å². The van der Waals surface area contributed by atoms with E-state index in [2.05, 4.69) is 12.2 Å². The van der Waals surface area contributed by atoms with Gasteiger partial charge >= 0.3 is 12.1 Å². The number of benzene rings is 2. The monoisotopic (exact) mass is 417 g/mol. The molecule has 0 bridgehead atoms. The maximum absolute atomic E-state index is 11.9. The van der Waals surface area contributed by atoms with Gasteiger partial charge in [-0.1, -0.05) is 30.3 Å². The van der Waals surface area contributed by atoms with Crippen molar-refractivity contribution in [3.63, 3.8) is 0 Å². The molecule has 0 aliphatic heterocycles. The fraction of sp³-hybridized carbons (Fsp3) is 0.350. The molecule has 9 heteroatoms. The zero-order valence-corrected chi connectivity index (χ0v) is 15.8. The Hall–Kier alpha value is -2.65. The summed E-state index contributed by atoms with van der Waals surface area (Å²) in [5.41, 5.74) is 1.17. The van der Waals surface area contributed by atoms with Crippen LogP contribution < -0.4 is 10.1 Å². The van der Waals surface area contributed by atoms with E-state index in [0.29, 0.717) is 13.2 Å². The van der Waals surface area contributed by atoms with Gasteiger partial charge in [0, 0.05) is 12.6 Å². The minimum atomic E-state index is -5.08. The lowest BCUT2D eigenvalue weighted by Gasteiger charge is -2.15. The number of nitrogens with one attached hydrogen (secondary N) is 1. The molecule has 2 rings (SSSR count). The number of rotatable bonds is 9. The molecule has 0 aliphatic carbocycles. The Labute approximate surface area is 166 Å². The minimum Gasteiger partial charge on any atom is -0.475 e. The Morgan fingerprint density at radius 1 is 1.03 bits per heavy atom. The van der Waals surface area contributed by atoms with E-state index in [1.807, 2.05) is 54.6 Å². The molecule has 2 N–H and O–H groups in total. The van der Waals surface area contributed by atoms with Crippen molar-refractivity contribution in [3.8, 4) is 11.5 Å². The summed E-state index contributed by atoms with van der Waals surface area (Å²) >= 11 is 0. The van der Waals surface area contributed by atoms with E-state index < -0.39 is 18.8 Å². The highest BCUT2D eigenvalue weighted by atomic mass is 19.4. The fourth-order valence-electron chi connectivity index (χ4n) is 2.07. The maximum atomic E-state index is 11.9. The Morgan fingerprint density at radius 3 is 2.10 bits per heavy atom. The standard InChI is InChI=1S/C18H22FNO2.C2HF3O2/c1-15(20-12-14-21-13-11-19)16-7-9-18(10-8-16)22-17-5-3-2-4-6-17;3-2(4,5)1(6)7/h2-10,15,20H,11-14H2,1H3;(H,6,7). The molecule has 5 nitrogen and oxygen atoms in total. The van der Waals surface area contributed by atoms with E-state index in [0.717, 1.165) is 11.5 Å². The molecule has 0 amide bonds. The molecule has 0 aromatic heterocycles. The molecule has 0 spiro atoms. The molecule has 0 saturated carbocycles. The molecule has 2 aromatic carbocycles. The first-order valence-corrected chi connectivity index (χ1v) is 8.74. The first kappa shape index (κ1) is 24.4. The quantitative estimate of drug-likeness (QED) is 0.455. The predicted octanol–water partition coefficient (Wildman–Crippen LogP) is 4.75. The summed E-state index contributed by atoms with van der Waals surface area (Å²) in [6.07, 6.45) is -5.08. The third-order valence-electron chi connectivity index (χ3n) is 3.52. The Kier molecular flexibility index (Phi) is 10.7. The Bertz CT molecular complexity index is 709. The first-order chi connectivity index (χ1) is 13.7. The highest BCUT2D eigenvalue weighted by Gasteiger charge is 2.38. The number of aliphatic carboxylic acids is 1. The Balaban J connectivity index is 0.000000516. The number of carbonyl (C=O) groups is 1. The third-order valence-corrected chi connectivity index (χ3v) is 3.52. The molecule has 1 unspecified atom stereocenters. The highest BCUT2D eigenvalue weighted by Crippen LogP contribution is 2.23. The highest BCUT2D eigenvalue weighted by molar-refractivity contribution is 5.73. The zero-order chi connectivity index (χ0) is 21.7. The van der Waals surface area contributed by atoms with Crippen molar-refractivity contribution in [3.05, 3.63) is 60.2 Å². The van der Waals surface area contributed by atoms with Crippen LogP contribution in [0.5, 0.6) is 11.5 Å². The van der Waals surface area contributed by atoms with Gasteiger partial charge in [0.05, 0.1) is 13.2 Å². The average Bonchev–Trinajstić information content (AvgIpc) is 2.69. The smallest absolute Gasteiger partial charge is 0.475 e. The van der Waals surface area contributed by atoms with Gasteiger partial charge in [0.1, 0.15) is 18.2 Å². The van der Waals surface area contributed by atoms with Crippen LogP contribution >= 0.6 is 0 Å². The van der Waals surface area contributed by atoms with Gasteiger partial charge in [-0.3, -0.25) is 0 Å². The molecule has 0 aliphatic rings. The molecular weight excluding hydrogens is 394 g/mol. The lowest BCUT2D eigenvalue weighted by atomic mass is 10.1. The summed E-state index contributed by atoms with van der Waals surface area (Å²) in [6.45, 7) is 3.04. The number of carboxylic acid groups (broad SMARTS) is 1. The van der Waals surface area contributed by atoms with Gasteiger partial charge in [0.25, 0.3) is 0 Å². The molecule has 160 valence electrons. The van der Waals surface area contributed by atoms with Crippen molar-refractivity contribution >= 4 is 5.97 Å². The summed E-state index contributed by atoms with van der Waals surface area (Å²) in [6, 6.07) is 17.9. The van der Waals surface area contributed by atoms with Crippen molar-refractivity contribution in [2.24, 2.45) is 0 Å². The predicted molar refractivity (Wildman–Crippen MR) is 99.9 cm³/mol. The van der Waals surface area contributed by atoms with E-state index in [9.17, 15) is 17.6 Å². The second-order valence-electron chi connectivity index (χ2n) is 5.76. The topological polar surface area (TPSA) is 67.8 Å². The van der Waals surface area contributed by atoms with Gasteiger partial charge in [-0.2, -0.15) is 13.2 Å². The van der Waals surface area contributed by atoms with Crippen LogP contribution in [0.4, 0.5) is 17.6 Å². The molecule has 0 radical (unpaired) electrons. The summed E-state index contributed by atoms with van der Waals surface area (Å²) in [5, 5.41) is 10.5. The van der Waals surface area contributed by atoms with E-state index >= 15 is 0 Å². The molecular formula is C20H23F4NO4. The van der Waals surface area contributed by atoms with E-state index in [4.69, 9.17) is 19.4 Å². The number of carboxylic acids is 1. The van der Waals surface area contributed by atoms with Crippen molar-refractivity contribution in [1.29, 1.82) is 0 Å². The maximum Gasteiger partial charge on any atom is 0.490 e. The molecule has 0 saturated heterocycles. The number of halogens is 4. The molecule has 29 heavy (non-hydrogen) atoms. The zero-order valence-electron chi connectivity index (χ0n) is 15.8. The van der Waals surface area contributed by atoms with Gasteiger partial charge in [-0.25, -0.2) is 9.18 Å². The largest absolute Gasteiger partial charge is 0.490 e. The van der Waals surface area contributed by atoms with E-state index in [1.54, 1.807) is 0 Å². The van der Waals surface area contributed by atoms with Crippen LogP contribution in [0.1, 0.15) is 18.5 Å². The number of hydrogen-bond acceptors (Lipinski definition) is 4. The number of para-hydroxylation sites is 1. The second-order valence-corrected chi connectivity index (χ2v) is 5.76. The first-order valence-electron chi connectivity index (χ1n) is 8.74. The summed E-state index contributed by atoms with van der Waals surface area (Å²) in [5.74, 6) is -1.12. The van der Waals surface area contributed by atoms with Crippen LogP contribution in [-0.2, 0) is 9.53 Å². The van der Waals surface area contributed by atoms with Gasteiger partial charge in [0.15, 0.2) is 0 Å². The van der Waals surface area contributed by atoms with Crippen LogP contribution in [0, 0.1) is 0 Å². The van der Waals surface area contributed by atoms with Crippen LogP contribution in [0.25, 0.3) is 0 Å². The second kappa shape index (κ2) is 12.7. The average molecular weight is 417 g/mol. The summed E-state index contributed by atoms with van der Waals surface area (Å²) in [4.78, 5) is 8.90. The van der Waals surface area contributed by atoms with Gasteiger partial charge < -0.3 is 19.9 Å². The normalized spacial score (nSPS) is 11.9. The van der Waals surface area contributed by atoms with E-state index in [1.165, 1.54) is 5.56 Å². The van der Waals surface area contributed by atoms with Gasteiger partial charge in [-0.15, -0.1) is 0 Å². The SMILES string of the molecule is CC(NCCOCCF)c1ccc(Oc2ccccc2)cc1.O=C(O)C(F)(F)F. The lowest BCUT2D eigenvalue weighted by Crippen LogP contribution is -2.23. The third kappa shape index (κ3) is 10.5. The van der Waals surface area contributed by atoms with Crippen molar-refractivity contribution in [1.82, 2.24) is 5.32 Å². The van der Waals surface area contributed by atoms with Gasteiger partial charge in [-0.05, 0) is 36.8 Å². The Morgan fingerprint density at radius 2 is 1.59 bits per heavy atom. The van der Waals surface area contributed by atoms with Crippen molar-refractivity contribution in [2.45, 2.75) is 19.1 Å². The summed E-state index contributed by atoms with van der Waals surface area (Å²) < 4.78 is 54.5. The van der Waals surface area contributed by atoms with Crippen LogP contribution in [0.15, 0.2) is 54.6 Å². The number of hydrogen-bond donors (Lipinski definition) is 2. The van der Waals surface area contributed by atoms with Crippen LogP contribution in [0.3, 0.4) is 0 Å². The molecule has 0 fully saturated rings. The van der Waals surface area contributed by atoms with Crippen LogP contribution in [0.2, 0.25) is 0 Å². The molecule has 2 aromatic rings. The molecule has 1 atom stereocenters. The lowest BCUT2D eigenvalue weighted by molar-refractivity contribution is -0.192. The minimum absolute atomic E-state index is 0.168. The van der Waals surface area contributed by atoms with Crippen LogP contribution in [-0.4, -0.2) is 43.7 Å². The van der Waals surface area contributed by atoms with E-state index in [-0.39, 0.29) is 12.6 Å².